The van der Waals surface area contributed by atoms with Gasteiger partial charge in [-0.1, -0.05) is 17.3 Å². The molecule has 7 nitrogen and oxygen atoms in total. The molecular formula is C19H15N3O4. The largest absolute Gasteiger partial charge is 0.497 e. The Balaban J connectivity index is 1.75. The zero-order valence-electron chi connectivity index (χ0n) is 13.9. The zero-order chi connectivity index (χ0) is 18.1. The van der Waals surface area contributed by atoms with Crippen molar-refractivity contribution < 1.29 is 14.4 Å². The molecule has 0 unspecified atom stereocenters. The summed E-state index contributed by atoms with van der Waals surface area (Å²) < 4.78 is 12.0. The van der Waals surface area contributed by atoms with Crippen molar-refractivity contribution in [2.45, 2.75) is 6.54 Å². The topological polar surface area (TPSA) is 89.9 Å². The Kier molecular flexibility index (Phi) is 3.89. The number of oxime groups is 1. The molecule has 0 amide bonds. The van der Waals surface area contributed by atoms with Crippen LogP contribution in [-0.4, -0.2) is 27.8 Å². The monoisotopic (exact) mass is 349 g/mol. The fourth-order valence-corrected chi connectivity index (χ4v) is 2.87. The molecule has 0 saturated carbocycles. The standard InChI is InChI=1S/C19H15N3O4/c1-25-13-8-6-12(7-9-13)16(21-24)11-22-10-15-18(20-22)14-4-2-3-5-17(14)26-19(15)23/h2-10,24H,11H2,1H3/b21-16+. The molecule has 2 aromatic heterocycles. The molecule has 4 aromatic rings. The van der Waals surface area contributed by atoms with Crippen molar-refractivity contribution in [3.8, 4) is 5.75 Å². The van der Waals surface area contributed by atoms with E-state index >= 15 is 0 Å². The summed E-state index contributed by atoms with van der Waals surface area (Å²) in [4.78, 5) is 12.2. The lowest BCUT2D eigenvalue weighted by molar-refractivity contribution is 0.317. The quantitative estimate of drug-likeness (QED) is 0.265. The number of ether oxygens (including phenoxy) is 1. The van der Waals surface area contributed by atoms with E-state index < -0.39 is 5.63 Å². The van der Waals surface area contributed by atoms with E-state index in [1.54, 1.807) is 54.4 Å². The molecule has 0 aliphatic heterocycles. The van der Waals surface area contributed by atoms with Crippen molar-refractivity contribution in [1.29, 1.82) is 0 Å². The number of hydrogen-bond acceptors (Lipinski definition) is 6. The van der Waals surface area contributed by atoms with E-state index in [2.05, 4.69) is 10.3 Å². The average molecular weight is 349 g/mol. The molecule has 0 radical (unpaired) electrons. The first-order chi connectivity index (χ1) is 12.7. The summed E-state index contributed by atoms with van der Waals surface area (Å²) in [7, 11) is 1.58. The van der Waals surface area contributed by atoms with Crippen LogP contribution in [-0.2, 0) is 6.54 Å². The highest BCUT2D eigenvalue weighted by Crippen LogP contribution is 2.21. The molecule has 0 atom stereocenters. The third-order valence-electron chi connectivity index (χ3n) is 4.18. The van der Waals surface area contributed by atoms with Gasteiger partial charge in [-0.2, -0.15) is 5.10 Å². The van der Waals surface area contributed by atoms with Crippen LogP contribution in [0, 0.1) is 0 Å². The van der Waals surface area contributed by atoms with Crippen molar-refractivity contribution in [2.75, 3.05) is 7.11 Å². The SMILES string of the molecule is COc1ccc(/C(Cn2cc3c(=O)oc4ccccc4c3n2)=N/O)cc1. The number of methoxy groups -OCH3 is 1. The van der Waals surface area contributed by atoms with Gasteiger partial charge >= 0.3 is 5.63 Å². The third-order valence-corrected chi connectivity index (χ3v) is 4.18. The van der Waals surface area contributed by atoms with Crippen LogP contribution in [0.3, 0.4) is 0 Å². The smallest absolute Gasteiger partial charge is 0.347 e. The first kappa shape index (κ1) is 15.9. The van der Waals surface area contributed by atoms with E-state index in [-0.39, 0.29) is 6.54 Å². The second-order valence-electron chi connectivity index (χ2n) is 5.75. The fraction of sp³-hybridized carbons (Fsp3) is 0.105. The van der Waals surface area contributed by atoms with E-state index in [0.717, 1.165) is 10.9 Å². The molecule has 130 valence electrons. The number of fused-ring (bicyclic) bond motifs is 3. The Morgan fingerprint density at radius 1 is 1.19 bits per heavy atom. The lowest BCUT2D eigenvalue weighted by atomic mass is 10.1. The molecule has 2 aromatic carbocycles. The number of nitrogens with zero attached hydrogens (tertiary/aromatic N) is 3. The van der Waals surface area contributed by atoms with Crippen LogP contribution in [0.2, 0.25) is 0 Å². The van der Waals surface area contributed by atoms with Crippen LogP contribution in [0.25, 0.3) is 21.9 Å². The van der Waals surface area contributed by atoms with Gasteiger partial charge in [0.15, 0.2) is 0 Å². The Morgan fingerprint density at radius 3 is 2.69 bits per heavy atom. The van der Waals surface area contributed by atoms with Gasteiger partial charge in [-0.3, -0.25) is 4.68 Å². The van der Waals surface area contributed by atoms with E-state index in [9.17, 15) is 10.0 Å². The lowest BCUT2D eigenvalue weighted by Gasteiger charge is -2.06. The first-order valence-corrected chi connectivity index (χ1v) is 7.94. The predicted molar refractivity (Wildman–Crippen MR) is 97.1 cm³/mol. The van der Waals surface area contributed by atoms with Gasteiger partial charge in [-0.25, -0.2) is 4.79 Å². The second-order valence-corrected chi connectivity index (χ2v) is 5.75. The van der Waals surface area contributed by atoms with Gasteiger partial charge in [0, 0.05) is 17.1 Å². The minimum atomic E-state index is -0.447. The van der Waals surface area contributed by atoms with Crippen LogP contribution in [0.4, 0.5) is 0 Å². The molecule has 4 rings (SSSR count). The van der Waals surface area contributed by atoms with E-state index in [1.807, 2.05) is 12.1 Å². The van der Waals surface area contributed by atoms with Crippen LogP contribution >= 0.6 is 0 Å². The van der Waals surface area contributed by atoms with Gasteiger partial charge < -0.3 is 14.4 Å². The van der Waals surface area contributed by atoms with Gasteiger partial charge in [0.2, 0.25) is 0 Å². The average Bonchev–Trinajstić information content (AvgIpc) is 3.11. The third kappa shape index (κ3) is 2.69. The highest BCUT2D eigenvalue weighted by Gasteiger charge is 2.13. The van der Waals surface area contributed by atoms with Crippen molar-refractivity contribution in [1.82, 2.24) is 9.78 Å². The van der Waals surface area contributed by atoms with Gasteiger partial charge in [-0.15, -0.1) is 0 Å². The summed E-state index contributed by atoms with van der Waals surface area (Å²) in [5.74, 6) is 0.708. The Hall–Kier alpha value is -3.61. The van der Waals surface area contributed by atoms with Gasteiger partial charge in [0.05, 0.1) is 13.7 Å². The number of benzene rings is 2. The molecule has 0 bridgehead atoms. The summed E-state index contributed by atoms with van der Waals surface area (Å²) in [6, 6.07) is 14.4. The van der Waals surface area contributed by atoms with Crippen molar-refractivity contribution in [3.63, 3.8) is 0 Å². The lowest BCUT2D eigenvalue weighted by Crippen LogP contribution is -2.12. The molecule has 0 fully saturated rings. The van der Waals surface area contributed by atoms with Crippen molar-refractivity contribution >= 4 is 27.6 Å². The molecule has 1 N–H and O–H groups in total. The van der Waals surface area contributed by atoms with E-state index in [1.165, 1.54) is 0 Å². The van der Waals surface area contributed by atoms with Crippen LogP contribution in [0.5, 0.6) is 5.75 Å². The summed E-state index contributed by atoms with van der Waals surface area (Å²) in [5, 5.41) is 18.4. The highest BCUT2D eigenvalue weighted by atomic mass is 16.5. The maximum absolute atomic E-state index is 12.2. The normalized spacial score (nSPS) is 12.0. The maximum atomic E-state index is 12.2. The molecule has 0 aliphatic carbocycles. The minimum absolute atomic E-state index is 0.200. The van der Waals surface area contributed by atoms with Gasteiger partial charge in [0.1, 0.15) is 27.9 Å². The molecule has 7 heteroatoms. The summed E-state index contributed by atoms with van der Waals surface area (Å²) in [6.07, 6.45) is 1.60. The first-order valence-electron chi connectivity index (χ1n) is 7.94. The van der Waals surface area contributed by atoms with Crippen molar-refractivity contribution in [2.24, 2.45) is 5.16 Å². The molecule has 0 aliphatic rings. The Morgan fingerprint density at radius 2 is 1.96 bits per heavy atom. The molecule has 26 heavy (non-hydrogen) atoms. The predicted octanol–water partition coefficient (Wildman–Crippen LogP) is 3.03. The van der Waals surface area contributed by atoms with Crippen LogP contribution < -0.4 is 10.4 Å². The fourth-order valence-electron chi connectivity index (χ4n) is 2.87. The minimum Gasteiger partial charge on any atom is -0.497 e. The number of aromatic nitrogens is 2. The summed E-state index contributed by atoms with van der Waals surface area (Å²) in [6.45, 7) is 0.200. The summed E-state index contributed by atoms with van der Waals surface area (Å²) >= 11 is 0. The number of hydrogen-bond donors (Lipinski definition) is 1. The Bertz CT molecular complexity index is 1170. The maximum Gasteiger partial charge on any atom is 0.347 e. The molecule has 2 heterocycles. The molecule has 0 saturated heterocycles. The molecule has 0 spiro atoms. The van der Waals surface area contributed by atoms with E-state index in [0.29, 0.717) is 27.9 Å². The number of para-hydroxylation sites is 1. The second kappa shape index (κ2) is 6.36. The van der Waals surface area contributed by atoms with Gasteiger partial charge in [-0.05, 0) is 36.4 Å². The highest BCUT2D eigenvalue weighted by molar-refractivity contribution is 6.02. The van der Waals surface area contributed by atoms with Crippen LogP contribution in [0.1, 0.15) is 5.56 Å². The zero-order valence-corrected chi connectivity index (χ0v) is 13.9. The molecular weight excluding hydrogens is 334 g/mol. The van der Waals surface area contributed by atoms with Crippen LogP contribution in [0.15, 0.2) is 69.1 Å². The van der Waals surface area contributed by atoms with Gasteiger partial charge in [0.25, 0.3) is 0 Å². The Labute approximate surface area is 147 Å². The van der Waals surface area contributed by atoms with E-state index in [4.69, 9.17) is 9.15 Å². The number of rotatable bonds is 4. The summed E-state index contributed by atoms with van der Waals surface area (Å²) in [5.41, 5.74) is 1.74. The van der Waals surface area contributed by atoms with Crippen molar-refractivity contribution in [3.05, 3.63) is 70.7 Å².